The summed E-state index contributed by atoms with van der Waals surface area (Å²) in [6, 6.07) is 9.13. The first-order chi connectivity index (χ1) is 18.9. The molecule has 1 fully saturated rings. The van der Waals surface area contributed by atoms with Gasteiger partial charge in [-0.25, -0.2) is 9.78 Å². The van der Waals surface area contributed by atoms with Gasteiger partial charge in [0.1, 0.15) is 12.1 Å². The number of halogens is 3. The summed E-state index contributed by atoms with van der Waals surface area (Å²) in [5.41, 5.74) is 1.13. The van der Waals surface area contributed by atoms with Crippen molar-refractivity contribution >= 4 is 16.9 Å². The quantitative estimate of drug-likeness (QED) is 0.375. The van der Waals surface area contributed by atoms with Gasteiger partial charge in [-0.1, -0.05) is 26.0 Å². The molecule has 3 aromatic rings. The Morgan fingerprint density at radius 1 is 1.02 bits per heavy atom. The second-order valence-electron chi connectivity index (χ2n) is 10.7. The van der Waals surface area contributed by atoms with Crippen molar-refractivity contribution in [2.45, 2.75) is 57.9 Å². The number of ether oxygens (including phenoxy) is 1. The fraction of sp³-hybridized carbons (Fsp3) is 0.552. The molecule has 0 spiro atoms. The van der Waals surface area contributed by atoms with Crippen LogP contribution in [0.1, 0.15) is 50.8 Å². The van der Waals surface area contributed by atoms with E-state index in [4.69, 9.17) is 9.72 Å². The highest BCUT2D eigenvalue weighted by Gasteiger charge is 2.37. The number of hydrogen-bond acceptors (Lipinski definition) is 7. The molecule has 4 rings (SSSR count). The van der Waals surface area contributed by atoms with Gasteiger partial charge in [-0.05, 0) is 57.6 Å². The molecule has 40 heavy (non-hydrogen) atoms. The molecule has 3 atom stereocenters. The van der Waals surface area contributed by atoms with Crippen LogP contribution in [-0.2, 0) is 13.2 Å². The summed E-state index contributed by atoms with van der Waals surface area (Å²) in [7, 11) is 5.63. The Hall–Kier alpha value is -3.18. The molecule has 3 heterocycles. The molecule has 1 aromatic carbocycles. The molecule has 0 radical (unpaired) electrons. The third-order valence-corrected chi connectivity index (χ3v) is 7.87. The van der Waals surface area contributed by atoms with E-state index >= 15 is 0 Å². The molecule has 1 aliphatic rings. The topological polar surface area (TPSA) is 66.7 Å². The van der Waals surface area contributed by atoms with E-state index in [1.807, 2.05) is 32.0 Å². The van der Waals surface area contributed by atoms with E-state index < -0.39 is 11.7 Å². The Bertz CT molecular complexity index is 1360. The van der Waals surface area contributed by atoms with Crippen molar-refractivity contribution in [3.63, 3.8) is 0 Å². The fourth-order valence-corrected chi connectivity index (χ4v) is 5.37. The zero-order chi connectivity index (χ0) is 29.2. The maximum Gasteiger partial charge on any atom is 0.416 e. The van der Waals surface area contributed by atoms with E-state index in [0.717, 1.165) is 37.1 Å². The van der Waals surface area contributed by atoms with E-state index in [2.05, 4.69) is 28.6 Å². The van der Waals surface area contributed by atoms with Crippen molar-refractivity contribution in [2.24, 2.45) is 7.05 Å². The largest absolute Gasteiger partial charge is 0.476 e. The number of anilines is 1. The van der Waals surface area contributed by atoms with Crippen LogP contribution in [0.3, 0.4) is 0 Å². The standard InChI is InChI=1S/C29H39F3N6O2/c1-7-22-18-38(23(8-2)17-37(22)19(3)20-9-11-21(12-10-20)29(30,31)32)27-26-24(36(6)28(39)34-27)13-14-25(33-26)40-16-15-35(4)5/h9-14,19,22-23H,7-8,15-18H2,1-6H3/t19?,22?,23-/m0/s1. The minimum Gasteiger partial charge on any atom is -0.476 e. The van der Waals surface area contributed by atoms with Crippen LogP contribution in [0.2, 0.25) is 0 Å². The number of alkyl halides is 3. The van der Waals surface area contributed by atoms with E-state index in [1.165, 1.54) is 4.57 Å². The third-order valence-electron chi connectivity index (χ3n) is 7.87. The molecule has 2 aromatic heterocycles. The lowest BCUT2D eigenvalue weighted by Gasteiger charge is -2.49. The lowest BCUT2D eigenvalue weighted by Crippen LogP contribution is -2.59. The average Bonchev–Trinajstić information content (AvgIpc) is 2.93. The molecule has 8 nitrogen and oxygen atoms in total. The molecular formula is C29H39F3N6O2. The lowest BCUT2D eigenvalue weighted by atomic mass is 9.96. The van der Waals surface area contributed by atoms with Gasteiger partial charge in [0.2, 0.25) is 5.88 Å². The Kier molecular flexibility index (Phi) is 9.04. The van der Waals surface area contributed by atoms with E-state index in [1.54, 1.807) is 25.2 Å². The first-order valence-corrected chi connectivity index (χ1v) is 13.8. The Balaban J connectivity index is 1.66. The van der Waals surface area contributed by atoms with Crippen molar-refractivity contribution in [2.75, 3.05) is 45.2 Å². The van der Waals surface area contributed by atoms with E-state index in [9.17, 15) is 18.0 Å². The van der Waals surface area contributed by atoms with Crippen molar-refractivity contribution in [1.29, 1.82) is 0 Å². The summed E-state index contributed by atoms with van der Waals surface area (Å²) in [6.45, 7) is 8.75. The lowest BCUT2D eigenvalue weighted by molar-refractivity contribution is -0.137. The normalized spacial score (nSPS) is 19.4. The molecule has 1 saturated heterocycles. The van der Waals surface area contributed by atoms with Crippen molar-refractivity contribution in [3.05, 3.63) is 58.0 Å². The first-order valence-electron chi connectivity index (χ1n) is 13.8. The Labute approximate surface area is 233 Å². The van der Waals surface area contributed by atoms with Gasteiger partial charge < -0.3 is 14.5 Å². The van der Waals surface area contributed by atoms with Gasteiger partial charge in [0.05, 0.1) is 11.1 Å². The SMILES string of the molecule is CCC1CN(c2nc(=O)n(C)c3ccc(OCCN(C)C)nc23)[C@@H](CC)CN1C(C)c1ccc(C(F)(F)F)cc1. The Morgan fingerprint density at radius 3 is 2.30 bits per heavy atom. The van der Waals surface area contributed by atoms with Gasteiger partial charge >= 0.3 is 11.9 Å². The number of piperazine rings is 1. The monoisotopic (exact) mass is 560 g/mol. The van der Waals surface area contributed by atoms with Gasteiger partial charge in [-0.2, -0.15) is 18.2 Å². The maximum atomic E-state index is 13.1. The molecular weight excluding hydrogens is 521 g/mol. The van der Waals surface area contributed by atoms with Gasteiger partial charge in [-0.15, -0.1) is 0 Å². The van der Waals surface area contributed by atoms with Gasteiger partial charge in [-0.3, -0.25) is 9.47 Å². The fourth-order valence-electron chi connectivity index (χ4n) is 5.37. The number of aromatic nitrogens is 3. The molecule has 0 bridgehead atoms. The minimum atomic E-state index is -4.36. The highest BCUT2D eigenvalue weighted by molar-refractivity contribution is 5.86. The molecule has 0 saturated carbocycles. The van der Waals surface area contributed by atoms with Crippen LogP contribution in [0.4, 0.5) is 19.0 Å². The van der Waals surface area contributed by atoms with E-state index in [0.29, 0.717) is 42.4 Å². The molecule has 11 heteroatoms. The number of aryl methyl sites for hydroxylation is 1. The van der Waals surface area contributed by atoms with Crippen molar-refractivity contribution in [1.82, 2.24) is 24.3 Å². The number of hydrogen-bond donors (Lipinski definition) is 0. The average molecular weight is 561 g/mol. The zero-order valence-electron chi connectivity index (χ0n) is 24.1. The van der Waals surface area contributed by atoms with Crippen LogP contribution < -0.4 is 15.3 Å². The molecule has 0 N–H and O–H groups in total. The van der Waals surface area contributed by atoms with Gasteiger partial charge in [0, 0.05) is 50.9 Å². The minimum absolute atomic E-state index is 0.0302. The molecule has 218 valence electrons. The van der Waals surface area contributed by atoms with Crippen LogP contribution in [0, 0.1) is 0 Å². The van der Waals surface area contributed by atoms with Crippen LogP contribution >= 0.6 is 0 Å². The third kappa shape index (κ3) is 6.25. The van der Waals surface area contributed by atoms with E-state index in [-0.39, 0.29) is 23.8 Å². The summed E-state index contributed by atoms with van der Waals surface area (Å²) < 4.78 is 46.7. The molecule has 0 amide bonds. The smallest absolute Gasteiger partial charge is 0.416 e. The summed E-state index contributed by atoms with van der Waals surface area (Å²) >= 11 is 0. The highest BCUT2D eigenvalue weighted by atomic mass is 19.4. The van der Waals surface area contributed by atoms with Gasteiger partial charge in [0.15, 0.2) is 5.82 Å². The number of fused-ring (bicyclic) bond motifs is 1. The summed E-state index contributed by atoms with van der Waals surface area (Å²) in [5.74, 6) is 1.02. The Morgan fingerprint density at radius 2 is 1.70 bits per heavy atom. The summed E-state index contributed by atoms with van der Waals surface area (Å²) in [6.07, 6.45) is -2.74. The zero-order valence-corrected chi connectivity index (χ0v) is 24.1. The summed E-state index contributed by atoms with van der Waals surface area (Å²) in [5, 5.41) is 0. The second kappa shape index (κ2) is 12.1. The van der Waals surface area contributed by atoms with Crippen LogP contribution in [0.5, 0.6) is 5.88 Å². The predicted molar refractivity (Wildman–Crippen MR) is 151 cm³/mol. The highest BCUT2D eigenvalue weighted by Crippen LogP contribution is 2.35. The second-order valence-corrected chi connectivity index (χ2v) is 10.7. The van der Waals surface area contributed by atoms with Crippen LogP contribution in [0.15, 0.2) is 41.2 Å². The number of nitrogens with zero attached hydrogens (tertiary/aromatic N) is 6. The molecule has 2 unspecified atom stereocenters. The van der Waals surface area contributed by atoms with Gasteiger partial charge in [0.25, 0.3) is 0 Å². The maximum absolute atomic E-state index is 13.1. The number of pyridine rings is 1. The van der Waals surface area contributed by atoms with Crippen LogP contribution in [-0.4, -0.2) is 76.8 Å². The van der Waals surface area contributed by atoms with Crippen molar-refractivity contribution in [3.8, 4) is 5.88 Å². The number of rotatable bonds is 9. The first kappa shape index (κ1) is 29.8. The predicted octanol–water partition coefficient (Wildman–Crippen LogP) is 4.73. The molecule has 0 aliphatic carbocycles. The van der Waals surface area contributed by atoms with Crippen molar-refractivity contribution < 1.29 is 17.9 Å². The summed E-state index contributed by atoms with van der Waals surface area (Å²) in [4.78, 5) is 28.7. The number of likely N-dealkylation sites (N-methyl/N-ethyl adjacent to an activating group) is 1. The number of benzene rings is 1. The molecule has 1 aliphatic heterocycles. The van der Waals surface area contributed by atoms with Crippen LogP contribution in [0.25, 0.3) is 11.0 Å².